The van der Waals surface area contributed by atoms with Gasteiger partial charge in [0, 0.05) is 13.1 Å². The molecule has 0 spiro atoms. The van der Waals surface area contributed by atoms with Gasteiger partial charge in [0.15, 0.2) is 5.76 Å². The molecule has 0 bridgehead atoms. The van der Waals surface area contributed by atoms with Crippen molar-refractivity contribution < 1.29 is 14.0 Å². The van der Waals surface area contributed by atoms with Gasteiger partial charge in [-0.1, -0.05) is 11.6 Å². The number of furan rings is 1. The van der Waals surface area contributed by atoms with Crippen LogP contribution in [0.15, 0.2) is 16.5 Å². The van der Waals surface area contributed by atoms with E-state index in [0.717, 1.165) is 43.7 Å². The van der Waals surface area contributed by atoms with E-state index in [1.54, 1.807) is 23.7 Å². The molecule has 0 saturated carbocycles. The highest BCUT2D eigenvalue weighted by molar-refractivity contribution is 6.31. The SMILES string of the molecule is Cc1nn(Cc2ccc(C(=O)NC(C)C(=O)N3CCCCC3)o2)c(C)c1Cl. The van der Waals surface area contributed by atoms with Gasteiger partial charge in [-0.15, -0.1) is 0 Å². The van der Waals surface area contributed by atoms with Crippen LogP contribution < -0.4 is 5.32 Å². The van der Waals surface area contributed by atoms with Gasteiger partial charge in [0.1, 0.15) is 11.8 Å². The Morgan fingerprint density at radius 3 is 2.59 bits per heavy atom. The Hall–Kier alpha value is -2.28. The van der Waals surface area contributed by atoms with Crippen LogP contribution in [0, 0.1) is 13.8 Å². The maximum absolute atomic E-state index is 12.4. The molecule has 0 aliphatic carbocycles. The third kappa shape index (κ3) is 4.35. The summed E-state index contributed by atoms with van der Waals surface area (Å²) in [4.78, 5) is 26.7. The number of piperidine rings is 1. The highest BCUT2D eigenvalue weighted by atomic mass is 35.5. The van der Waals surface area contributed by atoms with Crippen molar-refractivity contribution in [3.8, 4) is 0 Å². The lowest BCUT2D eigenvalue weighted by Gasteiger charge is -2.29. The van der Waals surface area contributed by atoms with Crippen LogP contribution in [0.4, 0.5) is 0 Å². The number of aromatic nitrogens is 2. The lowest BCUT2D eigenvalue weighted by atomic mass is 10.1. The summed E-state index contributed by atoms with van der Waals surface area (Å²) < 4.78 is 7.38. The molecule has 1 fully saturated rings. The van der Waals surface area contributed by atoms with Crippen molar-refractivity contribution in [3.63, 3.8) is 0 Å². The molecule has 1 unspecified atom stereocenters. The van der Waals surface area contributed by atoms with Gasteiger partial charge in [0.05, 0.1) is 23.0 Å². The standard InChI is InChI=1S/C19H25ClN4O3/c1-12-17(20)14(3)24(22-12)11-15-7-8-16(27-15)18(25)21-13(2)19(26)23-9-5-4-6-10-23/h7-8,13H,4-6,9-11H2,1-3H3,(H,21,25). The molecule has 1 aliphatic rings. The van der Waals surface area contributed by atoms with Gasteiger partial charge >= 0.3 is 0 Å². The second-order valence-corrected chi connectivity index (χ2v) is 7.37. The number of carbonyl (C=O) groups excluding carboxylic acids is 2. The van der Waals surface area contributed by atoms with Gasteiger partial charge in [-0.25, -0.2) is 0 Å². The van der Waals surface area contributed by atoms with Crippen LogP contribution in [0.1, 0.15) is 53.9 Å². The lowest BCUT2D eigenvalue weighted by Crippen LogP contribution is -2.48. The van der Waals surface area contributed by atoms with Crippen LogP contribution in [-0.4, -0.2) is 45.6 Å². The first kappa shape index (κ1) is 19.5. The largest absolute Gasteiger partial charge is 0.454 e. The molecule has 0 radical (unpaired) electrons. The zero-order chi connectivity index (χ0) is 19.6. The number of halogens is 1. The van der Waals surface area contributed by atoms with Crippen molar-refractivity contribution in [1.29, 1.82) is 0 Å². The number of carbonyl (C=O) groups is 2. The summed E-state index contributed by atoms with van der Waals surface area (Å²) >= 11 is 6.16. The molecule has 7 nitrogen and oxygen atoms in total. The summed E-state index contributed by atoms with van der Waals surface area (Å²) in [7, 11) is 0. The molecule has 2 amide bonds. The molecule has 27 heavy (non-hydrogen) atoms. The van der Waals surface area contributed by atoms with Crippen LogP contribution in [-0.2, 0) is 11.3 Å². The van der Waals surface area contributed by atoms with Crippen molar-refractivity contribution >= 4 is 23.4 Å². The predicted molar refractivity (Wildman–Crippen MR) is 102 cm³/mol. The second-order valence-electron chi connectivity index (χ2n) is 6.99. The second kappa shape index (κ2) is 8.17. The maximum Gasteiger partial charge on any atom is 0.287 e. The van der Waals surface area contributed by atoms with Crippen molar-refractivity contribution in [1.82, 2.24) is 20.0 Å². The normalized spacial score (nSPS) is 15.6. The molecular weight excluding hydrogens is 368 g/mol. The molecular formula is C19H25ClN4O3. The predicted octanol–water partition coefficient (Wildman–Crippen LogP) is 2.93. The summed E-state index contributed by atoms with van der Waals surface area (Å²) in [6.07, 6.45) is 3.19. The quantitative estimate of drug-likeness (QED) is 0.848. The fourth-order valence-corrected chi connectivity index (χ4v) is 3.41. The Balaban J connectivity index is 1.60. The van der Waals surface area contributed by atoms with Crippen molar-refractivity contribution in [2.24, 2.45) is 0 Å². The van der Waals surface area contributed by atoms with Gasteiger partial charge in [-0.3, -0.25) is 14.3 Å². The van der Waals surface area contributed by atoms with E-state index >= 15 is 0 Å². The zero-order valence-corrected chi connectivity index (χ0v) is 16.7. The maximum atomic E-state index is 12.4. The fraction of sp³-hybridized carbons (Fsp3) is 0.526. The zero-order valence-electron chi connectivity index (χ0n) is 15.9. The summed E-state index contributed by atoms with van der Waals surface area (Å²) in [6.45, 7) is 7.33. The Labute approximate surface area is 163 Å². The third-order valence-corrected chi connectivity index (χ3v) is 5.42. The van der Waals surface area contributed by atoms with Crippen LogP contribution in [0.25, 0.3) is 0 Å². The highest BCUT2D eigenvalue weighted by Crippen LogP contribution is 2.20. The van der Waals surface area contributed by atoms with Gasteiger partial charge in [0.2, 0.25) is 5.91 Å². The van der Waals surface area contributed by atoms with E-state index in [1.165, 1.54) is 0 Å². The van der Waals surface area contributed by atoms with Gasteiger partial charge in [0.25, 0.3) is 5.91 Å². The number of likely N-dealkylation sites (tertiary alicyclic amines) is 1. The Kier molecular flexibility index (Phi) is 5.89. The lowest BCUT2D eigenvalue weighted by molar-refractivity contribution is -0.133. The fourth-order valence-electron chi connectivity index (χ4n) is 3.28. The summed E-state index contributed by atoms with van der Waals surface area (Å²) in [6, 6.07) is 2.76. The molecule has 146 valence electrons. The van der Waals surface area contributed by atoms with Gasteiger partial charge < -0.3 is 14.6 Å². The third-order valence-electron chi connectivity index (χ3n) is 4.87. The molecule has 1 saturated heterocycles. The van der Waals surface area contributed by atoms with E-state index in [-0.39, 0.29) is 11.7 Å². The highest BCUT2D eigenvalue weighted by Gasteiger charge is 2.24. The van der Waals surface area contributed by atoms with Gasteiger partial charge in [-0.2, -0.15) is 5.10 Å². The van der Waals surface area contributed by atoms with E-state index in [2.05, 4.69) is 10.4 Å². The van der Waals surface area contributed by atoms with E-state index in [0.29, 0.717) is 17.3 Å². The monoisotopic (exact) mass is 392 g/mol. The molecule has 3 heterocycles. The molecule has 2 aromatic heterocycles. The number of nitrogens with zero attached hydrogens (tertiary/aromatic N) is 3. The summed E-state index contributed by atoms with van der Waals surface area (Å²) in [5, 5.41) is 7.71. The molecule has 2 aromatic rings. The van der Waals surface area contributed by atoms with Crippen LogP contribution in [0.3, 0.4) is 0 Å². The van der Waals surface area contributed by atoms with Crippen molar-refractivity contribution in [2.45, 2.75) is 52.6 Å². The van der Waals surface area contributed by atoms with Crippen LogP contribution in [0.5, 0.6) is 0 Å². The number of nitrogens with one attached hydrogen (secondary N) is 1. The Bertz CT molecular complexity index is 836. The van der Waals surface area contributed by atoms with Gasteiger partial charge in [-0.05, 0) is 52.2 Å². The number of rotatable bonds is 5. The number of hydrogen-bond acceptors (Lipinski definition) is 4. The molecule has 1 atom stereocenters. The Morgan fingerprint density at radius 1 is 1.26 bits per heavy atom. The average molecular weight is 393 g/mol. The first-order valence-corrected chi connectivity index (χ1v) is 9.62. The molecule has 1 N–H and O–H groups in total. The minimum Gasteiger partial charge on any atom is -0.454 e. The van der Waals surface area contributed by atoms with E-state index in [9.17, 15) is 9.59 Å². The number of hydrogen-bond donors (Lipinski definition) is 1. The first-order chi connectivity index (χ1) is 12.9. The smallest absolute Gasteiger partial charge is 0.287 e. The topological polar surface area (TPSA) is 80.4 Å². The van der Waals surface area contributed by atoms with E-state index < -0.39 is 11.9 Å². The molecule has 0 aromatic carbocycles. The molecule has 1 aliphatic heterocycles. The van der Waals surface area contributed by atoms with E-state index in [1.807, 2.05) is 18.7 Å². The number of aryl methyl sites for hydroxylation is 1. The van der Waals surface area contributed by atoms with Crippen molar-refractivity contribution in [3.05, 3.63) is 40.1 Å². The first-order valence-electron chi connectivity index (χ1n) is 9.24. The molecule has 8 heteroatoms. The minimum absolute atomic E-state index is 0.0490. The average Bonchev–Trinajstić information content (AvgIpc) is 3.23. The minimum atomic E-state index is -0.584. The Morgan fingerprint density at radius 2 is 1.96 bits per heavy atom. The summed E-state index contributed by atoms with van der Waals surface area (Å²) in [5.74, 6) is 0.325. The van der Waals surface area contributed by atoms with Crippen molar-refractivity contribution in [2.75, 3.05) is 13.1 Å². The molecule has 3 rings (SSSR count). The van der Waals surface area contributed by atoms with Crippen LogP contribution in [0.2, 0.25) is 5.02 Å². The van der Waals surface area contributed by atoms with Crippen LogP contribution >= 0.6 is 11.6 Å². The number of amides is 2. The van der Waals surface area contributed by atoms with E-state index in [4.69, 9.17) is 16.0 Å². The summed E-state index contributed by atoms with van der Waals surface area (Å²) in [5.41, 5.74) is 1.60.